The molecule has 1 fully saturated rings. The van der Waals surface area contributed by atoms with Crippen molar-refractivity contribution in [2.75, 3.05) is 0 Å². The van der Waals surface area contributed by atoms with E-state index in [4.69, 9.17) is 5.11 Å². The third-order valence-corrected chi connectivity index (χ3v) is 5.22. The lowest BCUT2D eigenvalue weighted by Gasteiger charge is -2.13. The van der Waals surface area contributed by atoms with Gasteiger partial charge in [0.15, 0.2) is 0 Å². The Balaban J connectivity index is 2.05. The van der Waals surface area contributed by atoms with E-state index in [9.17, 15) is 13.2 Å². The second-order valence-electron chi connectivity index (χ2n) is 3.92. The molecular formula is C9H12N2O4S2. The third kappa shape index (κ3) is 3.24. The fourth-order valence-corrected chi connectivity index (χ4v) is 3.57. The Morgan fingerprint density at radius 3 is 2.82 bits per heavy atom. The lowest BCUT2D eigenvalue weighted by molar-refractivity contribution is -0.138. The van der Waals surface area contributed by atoms with Crippen molar-refractivity contribution in [1.29, 1.82) is 0 Å². The van der Waals surface area contributed by atoms with E-state index < -0.39 is 27.3 Å². The number of carboxylic acid groups (broad SMARTS) is 1. The highest BCUT2D eigenvalue weighted by Crippen LogP contribution is 2.27. The number of hydrogen-bond donors (Lipinski definition) is 2. The second-order valence-corrected chi connectivity index (χ2v) is 6.89. The van der Waals surface area contributed by atoms with Crippen molar-refractivity contribution >= 4 is 27.3 Å². The number of rotatable bonds is 6. The molecule has 1 aliphatic rings. The monoisotopic (exact) mass is 276 g/mol. The normalized spacial score (nSPS) is 17.9. The number of sulfonamides is 1. The Labute approximate surface area is 103 Å². The number of nitrogens with zero attached hydrogens (tertiary/aromatic N) is 1. The van der Waals surface area contributed by atoms with Crippen LogP contribution in [0.1, 0.15) is 17.7 Å². The first kappa shape index (κ1) is 12.5. The van der Waals surface area contributed by atoms with E-state index in [1.54, 1.807) is 11.7 Å². The van der Waals surface area contributed by atoms with E-state index in [0.29, 0.717) is 12.8 Å². The molecule has 0 radical (unpaired) electrons. The molecule has 6 nitrogen and oxygen atoms in total. The van der Waals surface area contributed by atoms with Gasteiger partial charge in [0.1, 0.15) is 6.04 Å². The lowest BCUT2D eigenvalue weighted by Crippen LogP contribution is -2.43. The number of thiazole rings is 1. The maximum absolute atomic E-state index is 11.6. The fourth-order valence-electron chi connectivity index (χ4n) is 1.40. The highest BCUT2D eigenvalue weighted by molar-refractivity contribution is 7.90. The van der Waals surface area contributed by atoms with Crippen molar-refractivity contribution in [3.8, 4) is 0 Å². The van der Waals surface area contributed by atoms with Crippen LogP contribution in [0.2, 0.25) is 0 Å². The van der Waals surface area contributed by atoms with E-state index in [-0.39, 0.29) is 6.42 Å². The molecule has 0 saturated heterocycles. The molecular weight excluding hydrogens is 264 g/mol. The summed E-state index contributed by atoms with van der Waals surface area (Å²) in [4.78, 5) is 15.6. The van der Waals surface area contributed by atoms with Crippen LogP contribution >= 0.6 is 11.3 Å². The van der Waals surface area contributed by atoms with E-state index in [1.807, 2.05) is 0 Å². The van der Waals surface area contributed by atoms with E-state index in [1.165, 1.54) is 11.3 Å². The average molecular weight is 276 g/mol. The summed E-state index contributed by atoms with van der Waals surface area (Å²) in [5, 5.41) is 8.58. The predicted octanol–water partition coefficient (Wildman–Crippen LogP) is 0.221. The second kappa shape index (κ2) is 4.71. The Morgan fingerprint density at radius 1 is 1.65 bits per heavy atom. The van der Waals surface area contributed by atoms with Crippen LogP contribution in [0.3, 0.4) is 0 Å². The van der Waals surface area contributed by atoms with Gasteiger partial charge >= 0.3 is 5.97 Å². The van der Waals surface area contributed by atoms with E-state index in [0.717, 1.165) is 4.88 Å². The molecule has 1 unspecified atom stereocenters. The number of aliphatic carboxylic acids is 1. The minimum Gasteiger partial charge on any atom is -0.480 e. The van der Waals surface area contributed by atoms with Crippen LogP contribution in [0.5, 0.6) is 0 Å². The topological polar surface area (TPSA) is 96.4 Å². The first-order valence-electron chi connectivity index (χ1n) is 5.10. The molecule has 0 aromatic carbocycles. The molecule has 0 bridgehead atoms. The zero-order valence-electron chi connectivity index (χ0n) is 8.87. The third-order valence-electron chi connectivity index (χ3n) is 2.46. The molecule has 1 aromatic heterocycles. The van der Waals surface area contributed by atoms with Crippen molar-refractivity contribution < 1.29 is 18.3 Å². The average Bonchev–Trinajstić information content (AvgIpc) is 2.98. The molecule has 1 atom stereocenters. The standard InChI is InChI=1S/C9H12N2O4S2/c12-9(13)8(3-6-4-10-5-16-6)11-17(14,15)7-1-2-7/h4-5,7-8,11H,1-3H2,(H,12,13). The zero-order valence-corrected chi connectivity index (χ0v) is 10.5. The van der Waals surface area contributed by atoms with Crippen LogP contribution < -0.4 is 4.72 Å². The molecule has 94 valence electrons. The molecule has 17 heavy (non-hydrogen) atoms. The molecule has 1 saturated carbocycles. The highest BCUT2D eigenvalue weighted by atomic mass is 32.2. The zero-order chi connectivity index (χ0) is 12.5. The lowest BCUT2D eigenvalue weighted by atomic mass is 10.2. The molecule has 2 rings (SSSR count). The summed E-state index contributed by atoms with van der Waals surface area (Å²) in [7, 11) is -3.48. The Kier molecular flexibility index (Phi) is 3.45. The highest BCUT2D eigenvalue weighted by Gasteiger charge is 2.38. The molecule has 0 aliphatic heterocycles. The summed E-state index contributed by atoms with van der Waals surface area (Å²) in [6.45, 7) is 0. The van der Waals surface area contributed by atoms with Crippen molar-refractivity contribution in [1.82, 2.24) is 9.71 Å². The summed E-state index contributed by atoms with van der Waals surface area (Å²) >= 11 is 1.31. The van der Waals surface area contributed by atoms with Crippen molar-refractivity contribution in [2.45, 2.75) is 30.6 Å². The van der Waals surface area contributed by atoms with E-state index in [2.05, 4.69) is 9.71 Å². The largest absolute Gasteiger partial charge is 0.480 e. The van der Waals surface area contributed by atoms with Gasteiger partial charge in [-0.2, -0.15) is 0 Å². The Morgan fingerprint density at radius 2 is 2.35 bits per heavy atom. The first-order valence-corrected chi connectivity index (χ1v) is 7.53. The summed E-state index contributed by atoms with van der Waals surface area (Å²) in [6.07, 6.45) is 2.91. The summed E-state index contributed by atoms with van der Waals surface area (Å²) < 4.78 is 25.5. The van der Waals surface area contributed by atoms with Gasteiger partial charge in [-0.15, -0.1) is 11.3 Å². The minimum atomic E-state index is -3.48. The van der Waals surface area contributed by atoms with Crippen LogP contribution in [0.15, 0.2) is 11.7 Å². The summed E-state index contributed by atoms with van der Waals surface area (Å²) in [6, 6.07) is -1.11. The van der Waals surface area contributed by atoms with Crippen molar-refractivity contribution in [3.05, 3.63) is 16.6 Å². The molecule has 8 heteroatoms. The van der Waals surface area contributed by atoms with Gasteiger partial charge in [0.25, 0.3) is 0 Å². The van der Waals surface area contributed by atoms with Gasteiger partial charge in [-0.3, -0.25) is 9.78 Å². The smallest absolute Gasteiger partial charge is 0.322 e. The Hall–Kier alpha value is -0.990. The minimum absolute atomic E-state index is 0.131. The van der Waals surface area contributed by atoms with E-state index >= 15 is 0 Å². The van der Waals surface area contributed by atoms with Crippen LogP contribution in [0.25, 0.3) is 0 Å². The molecule has 0 amide bonds. The SMILES string of the molecule is O=C(O)C(Cc1cncs1)NS(=O)(=O)C1CC1. The molecule has 2 N–H and O–H groups in total. The fraction of sp³-hybridized carbons (Fsp3) is 0.556. The van der Waals surface area contributed by atoms with Crippen LogP contribution in [0.4, 0.5) is 0 Å². The quantitative estimate of drug-likeness (QED) is 0.775. The number of aromatic nitrogens is 1. The van der Waals surface area contributed by atoms with Gasteiger partial charge < -0.3 is 5.11 Å². The summed E-state index contributed by atoms with van der Waals surface area (Å²) in [5.41, 5.74) is 1.59. The van der Waals surface area contributed by atoms with Crippen LogP contribution in [-0.2, 0) is 21.2 Å². The van der Waals surface area contributed by atoms with Crippen molar-refractivity contribution in [3.63, 3.8) is 0 Å². The maximum atomic E-state index is 11.6. The molecule has 1 aromatic rings. The van der Waals surface area contributed by atoms with Gasteiger partial charge in [0, 0.05) is 17.5 Å². The van der Waals surface area contributed by atoms with Crippen LogP contribution in [-0.4, -0.2) is 35.8 Å². The first-order chi connectivity index (χ1) is 7.99. The summed E-state index contributed by atoms with van der Waals surface area (Å²) in [5.74, 6) is -1.16. The van der Waals surface area contributed by atoms with Gasteiger partial charge in [-0.05, 0) is 12.8 Å². The van der Waals surface area contributed by atoms with Gasteiger partial charge in [0.05, 0.1) is 10.8 Å². The van der Waals surface area contributed by atoms with Gasteiger partial charge in [-0.25, -0.2) is 13.1 Å². The number of carbonyl (C=O) groups is 1. The number of carboxylic acids is 1. The molecule has 0 spiro atoms. The molecule has 1 heterocycles. The molecule has 1 aliphatic carbocycles. The Bertz CT molecular complexity index is 493. The number of nitrogens with one attached hydrogen (secondary N) is 1. The van der Waals surface area contributed by atoms with Gasteiger partial charge in [0.2, 0.25) is 10.0 Å². The predicted molar refractivity (Wildman–Crippen MR) is 62.3 cm³/mol. The maximum Gasteiger partial charge on any atom is 0.322 e. The van der Waals surface area contributed by atoms with Crippen LogP contribution in [0, 0.1) is 0 Å². The number of hydrogen-bond acceptors (Lipinski definition) is 5. The van der Waals surface area contributed by atoms with Gasteiger partial charge in [-0.1, -0.05) is 0 Å². The van der Waals surface area contributed by atoms with Crippen molar-refractivity contribution in [2.24, 2.45) is 0 Å².